The average molecular weight is 548 g/mol. The lowest BCUT2D eigenvalue weighted by atomic mass is 9.94. The zero-order valence-corrected chi connectivity index (χ0v) is 22.8. The van der Waals surface area contributed by atoms with Gasteiger partial charge in [0.1, 0.15) is 6.61 Å². The van der Waals surface area contributed by atoms with Crippen molar-refractivity contribution in [2.45, 2.75) is 37.8 Å². The van der Waals surface area contributed by atoms with Gasteiger partial charge in [-0.25, -0.2) is 9.59 Å². The molecule has 1 heterocycles. The zero-order chi connectivity index (χ0) is 28.3. The molecule has 3 N–H and O–H groups in total. The molecule has 1 saturated heterocycles. The Balaban J connectivity index is 1.33. The normalized spacial score (nSPS) is 16.1. The molecule has 41 heavy (non-hydrogen) atoms. The first-order valence-electron chi connectivity index (χ1n) is 14.1. The Labute approximate surface area is 239 Å². The summed E-state index contributed by atoms with van der Waals surface area (Å²) in [5.74, 6) is -0.0687. The molecule has 1 unspecified atom stereocenters. The Morgan fingerprint density at radius 3 is 2.10 bits per heavy atom. The third-order valence-electron chi connectivity index (χ3n) is 8.21. The number of ether oxygens (including phenoxy) is 1. The second-order valence-corrected chi connectivity index (χ2v) is 10.7. The van der Waals surface area contributed by atoms with Gasteiger partial charge >= 0.3 is 12.2 Å². The topological polar surface area (TPSA) is 96.1 Å². The van der Waals surface area contributed by atoms with Crippen LogP contribution in [-0.4, -0.2) is 35.3 Å². The minimum Gasteiger partial charge on any atom is -0.465 e. The van der Waals surface area contributed by atoms with E-state index in [0.717, 1.165) is 35.1 Å². The highest BCUT2D eigenvalue weighted by atomic mass is 16.6. The van der Waals surface area contributed by atoms with Crippen molar-refractivity contribution in [3.63, 3.8) is 0 Å². The van der Waals surface area contributed by atoms with E-state index in [9.17, 15) is 14.7 Å². The van der Waals surface area contributed by atoms with Crippen molar-refractivity contribution in [2.75, 3.05) is 23.8 Å². The van der Waals surface area contributed by atoms with Crippen LogP contribution in [0.2, 0.25) is 0 Å². The predicted octanol–water partition coefficient (Wildman–Crippen LogP) is 7.43. The van der Waals surface area contributed by atoms with Gasteiger partial charge in [0, 0.05) is 18.2 Å². The van der Waals surface area contributed by atoms with E-state index in [2.05, 4.69) is 24.3 Å². The van der Waals surface area contributed by atoms with E-state index in [-0.39, 0.29) is 25.1 Å². The molecule has 0 bridgehead atoms. The quantitative estimate of drug-likeness (QED) is 0.245. The molecule has 7 nitrogen and oxygen atoms in total. The maximum absolute atomic E-state index is 14.0. The number of carboxylic acid groups (broad SMARTS) is 1. The molecule has 4 aromatic carbocycles. The van der Waals surface area contributed by atoms with Gasteiger partial charge in [-0.05, 0) is 70.8 Å². The van der Waals surface area contributed by atoms with Crippen LogP contribution in [0.5, 0.6) is 0 Å². The fourth-order valence-electron chi connectivity index (χ4n) is 6.22. The second kappa shape index (κ2) is 11.4. The summed E-state index contributed by atoms with van der Waals surface area (Å²) in [5.41, 5.74) is 13.5. The Morgan fingerprint density at radius 1 is 0.829 bits per heavy atom. The van der Waals surface area contributed by atoms with Gasteiger partial charge in [-0.3, -0.25) is 4.90 Å². The first-order valence-corrected chi connectivity index (χ1v) is 14.1. The number of carbonyl (C=O) groups is 2. The Kier molecular flexibility index (Phi) is 7.33. The first-order chi connectivity index (χ1) is 20.0. The maximum atomic E-state index is 14.0. The lowest BCUT2D eigenvalue weighted by Crippen LogP contribution is -2.39. The van der Waals surface area contributed by atoms with Crippen LogP contribution in [0.15, 0.2) is 97.1 Å². The van der Waals surface area contributed by atoms with E-state index in [0.29, 0.717) is 24.3 Å². The molecule has 7 heteroatoms. The SMILES string of the molecule is Nc1ccc(CN(C(=O)OCC2c3ccccc3-c3ccccc32)c2ccccc2C2CCCCN2C(=O)O)cc1. The van der Waals surface area contributed by atoms with E-state index in [1.807, 2.05) is 72.8 Å². The number of rotatable bonds is 6. The largest absolute Gasteiger partial charge is 0.465 e. The highest BCUT2D eigenvalue weighted by Gasteiger charge is 2.33. The van der Waals surface area contributed by atoms with E-state index in [1.165, 1.54) is 16.0 Å². The molecule has 1 fully saturated rings. The summed E-state index contributed by atoms with van der Waals surface area (Å²) in [6.07, 6.45) is 1.02. The summed E-state index contributed by atoms with van der Waals surface area (Å²) in [5, 5.41) is 9.94. The number of hydrogen-bond acceptors (Lipinski definition) is 4. The van der Waals surface area contributed by atoms with E-state index < -0.39 is 12.2 Å². The summed E-state index contributed by atoms with van der Waals surface area (Å²) in [6, 6.07) is 31.1. The van der Waals surface area contributed by atoms with Gasteiger partial charge in [-0.15, -0.1) is 0 Å². The summed E-state index contributed by atoms with van der Waals surface area (Å²) in [4.78, 5) is 29.2. The number of benzene rings is 4. The maximum Gasteiger partial charge on any atom is 0.414 e. The third-order valence-corrected chi connectivity index (χ3v) is 8.21. The smallest absolute Gasteiger partial charge is 0.414 e. The summed E-state index contributed by atoms with van der Waals surface area (Å²) >= 11 is 0. The van der Waals surface area contributed by atoms with Gasteiger partial charge in [0.05, 0.1) is 18.3 Å². The second-order valence-electron chi connectivity index (χ2n) is 10.7. The molecule has 2 aliphatic rings. The number of para-hydroxylation sites is 1. The lowest BCUT2D eigenvalue weighted by Gasteiger charge is -2.36. The van der Waals surface area contributed by atoms with Gasteiger partial charge in [-0.1, -0.05) is 78.9 Å². The third kappa shape index (κ3) is 5.23. The highest BCUT2D eigenvalue weighted by Crippen LogP contribution is 2.45. The summed E-state index contributed by atoms with van der Waals surface area (Å²) < 4.78 is 6.10. The van der Waals surface area contributed by atoms with Gasteiger partial charge in [0.15, 0.2) is 0 Å². The number of anilines is 2. The van der Waals surface area contributed by atoms with E-state index in [4.69, 9.17) is 10.5 Å². The number of piperidine rings is 1. The monoisotopic (exact) mass is 547 g/mol. The molecule has 0 radical (unpaired) electrons. The number of nitrogens with two attached hydrogens (primary N) is 1. The molecule has 208 valence electrons. The molecule has 2 amide bonds. The van der Waals surface area contributed by atoms with Crippen molar-refractivity contribution < 1.29 is 19.4 Å². The Bertz CT molecular complexity index is 1520. The Hall–Kier alpha value is -4.78. The van der Waals surface area contributed by atoms with E-state index >= 15 is 0 Å². The van der Waals surface area contributed by atoms with Crippen LogP contribution in [0.1, 0.15) is 53.5 Å². The van der Waals surface area contributed by atoms with Crippen LogP contribution in [0.4, 0.5) is 21.0 Å². The average Bonchev–Trinajstić information content (AvgIpc) is 3.33. The van der Waals surface area contributed by atoms with Crippen LogP contribution in [0, 0.1) is 0 Å². The molecule has 1 atom stereocenters. The van der Waals surface area contributed by atoms with Crippen molar-refractivity contribution in [3.8, 4) is 11.1 Å². The van der Waals surface area contributed by atoms with Crippen LogP contribution < -0.4 is 10.6 Å². The molecule has 1 aliphatic heterocycles. The van der Waals surface area contributed by atoms with E-state index in [1.54, 1.807) is 4.90 Å². The number of nitrogen functional groups attached to an aromatic ring is 1. The van der Waals surface area contributed by atoms with Gasteiger partial charge in [0.25, 0.3) is 0 Å². The van der Waals surface area contributed by atoms with Crippen LogP contribution in [-0.2, 0) is 11.3 Å². The minimum absolute atomic E-state index is 0.0687. The molecule has 0 spiro atoms. The number of carbonyl (C=O) groups excluding carboxylic acids is 1. The molecular formula is C34H33N3O4. The lowest BCUT2D eigenvalue weighted by molar-refractivity contribution is 0.107. The molecule has 0 saturated carbocycles. The molecule has 4 aromatic rings. The molecule has 1 aliphatic carbocycles. The number of likely N-dealkylation sites (tertiary alicyclic amines) is 1. The number of amides is 2. The van der Waals surface area contributed by atoms with Crippen molar-refractivity contribution in [2.24, 2.45) is 0 Å². The molecule has 6 rings (SSSR count). The van der Waals surface area contributed by atoms with Crippen LogP contribution in [0.3, 0.4) is 0 Å². The standard InChI is InChI=1S/C34H33N3O4/c35-24-18-16-23(17-19-24)21-37(32-14-6-5-13-29(32)31-15-7-8-20-36(31)33(38)39)34(40)41-22-30-27-11-3-1-9-25(27)26-10-2-4-12-28(26)30/h1-6,9-14,16-19,30-31H,7-8,15,20-22,35H2,(H,38,39). The first kappa shape index (κ1) is 26.4. The molecule has 0 aromatic heterocycles. The Morgan fingerprint density at radius 2 is 1.44 bits per heavy atom. The number of hydrogen-bond donors (Lipinski definition) is 2. The van der Waals surface area contributed by atoms with Crippen molar-refractivity contribution in [3.05, 3.63) is 119 Å². The zero-order valence-electron chi connectivity index (χ0n) is 22.8. The fraction of sp³-hybridized carbons (Fsp3) is 0.235. The van der Waals surface area contributed by atoms with Crippen LogP contribution in [0.25, 0.3) is 11.1 Å². The molecular weight excluding hydrogens is 514 g/mol. The van der Waals surface area contributed by atoms with Crippen LogP contribution >= 0.6 is 0 Å². The fourth-order valence-corrected chi connectivity index (χ4v) is 6.22. The van der Waals surface area contributed by atoms with Crippen molar-refractivity contribution in [1.82, 2.24) is 4.90 Å². The number of nitrogens with zero attached hydrogens (tertiary/aromatic N) is 2. The summed E-state index contributed by atoms with van der Waals surface area (Å²) in [6.45, 7) is 0.920. The highest BCUT2D eigenvalue weighted by molar-refractivity contribution is 5.89. The minimum atomic E-state index is -0.948. The number of fused-ring (bicyclic) bond motifs is 3. The van der Waals surface area contributed by atoms with Gasteiger partial charge in [-0.2, -0.15) is 0 Å². The van der Waals surface area contributed by atoms with Crippen molar-refractivity contribution in [1.29, 1.82) is 0 Å². The van der Waals surface area contributed by atoms with Gasteiger partial charge < -0.3 is 20.5 Å². The van der Waals surface area contributed by atoms with Crippen molar-refractivity contribution >= 4 is 23.6 Å². The summed E-state index contributed by atoms with van der Waals surface area (Å²) in [7, 11) is 0. The predicted molar refractivity (Wildman–Crippen MR) is 160 cm³/mol. The van der Waals surface area contributed by atoms with Gasteiger partial charge in [0.2, 0.25) is 0 Å².